The number of aromatic nitrogens is 4. The van der Waals surface area contributed by atoms with Gasteiger partial charge in [0, 0.05) is 74.9 Å². The van der Waals surface area contributed by atoms with Crippen LogP contribution in [0.25, 0.3) is 5.82 Å². The van der Waals surface area contributed by atoms with Gasteiger partial charge in [-0.15, -0.1) is 0 Å². The van der Waals surface area contributed by atoms with E-state index in [9.17, 15) is 4.79 Å². The van der Waals surface area contributed by atoms with Crippen LogP contribution in [0.5, 0.6) is 0 Å². The molecule has 2 aliphatic rings. The molecule has 12 nitrogen and oxygen atoms in total. The first-order valence-corrected chi connectivity index (χ1v) is 16.8. The summed E-state index contributed by atoms with van der Waals surface area (Å²) in [7, 11) is 0. The monoisotopic (exact) mass is 653 g/mol. The third kappa shape index (κ3) is 8.75. The molecule has 2 fully saturated rings. The Bertz CT molecular complexity index is 1670. The number of nitrogens with one attached hydrogen (secondary N) is 3. The van der Waals surface area contributed by atoms with Crippen molar-refractivity contribution in [3.63, 3.8) is 0 Å². The second-order valence-electron chi connectivity index (χ2n) is 13.4. The Morgan fingerprint density at radius 2 is 1.58 bits per heavy atom. The molecule has 1 amide bonds. The minimum atomic E-state index is -0.155. The zero-order valence-electron chi connectivity index (χ0n) is 28.5. The number of ether oxygens (including phenoxy) is 2. The molecule has 48 heavy (non-hydrogen) atoms. The van der Waals surface area contributed by atoms with E-state index in [-0.39, 0.29) is 11.3 Å². The van der Waals surface area contributed by atoms with Gasteiger partial charge in [0.2, 0.25) is 0 Å². The van der Waals surface area contributed by atoms with Crippen LogP contribution in [-0.4, -0.2) is 101 Å². The standard InChI is InChI=1S/C36H47N9O3/c1-26-5-10-29(40-35(46)27-6-8-28(9-7-27)36(2,3)4)21-31(26)41-34-22-30(24-44-15-19-48-20-16-44)42-45(34)33-23-32(38-25-39-33)37-11-12-43-13-17-47-18-14-43/h5-10,21-23,25,41H,11-20,24H2,1-4H3,(H,40,46)(H,37,38,39). The summed E-state index contributed by atoms with van der Waals surface area (Å²) < 4.78 is 12.8. The van der Waals surface area contributed by atoms with Crippen molar-refractivity contribution in [3.05, 3.63) is 83.3 Å². The molecule has 2 aromatic heterocycles. The van der Waals surface area contributed by atoms with Crippen molar-refractivity contribution in [1.29, 1.82) is 0 Å². The molecule has 254 valence electrons. The van der Waals surface area contributed by atoms with Crippen molar-refractivity contribution in [1.82, 2.24) is 29.5 Å². The van der Waals surface area contributed by atoms with Crippen LogP contribution < -0.4 is 16.0 Å². The lowest BCUT2D eigenvalue weighted by atomic mass is 9.87. The van der Waals surface area contributed by atoms with Gasteiger partial charge in [0.05, 0.1) is 32.1 Å². The molecule has 2 aliphatic heterocycles. The lowest BCUT2D eigenvalue weighted by Crippen LogP contribution is -2.39. The van der Waals surface area contributed by atoms with Crippen LogP contribution in [0.4, 0.5) is 23.0 Å². The number of hydrogen-bond acceptors (Lipinski definition) is 10. The number of hydrogen-bond donors (Lipinski definition) is 3. The van der Waals surface area contributed by atoms with Crippen LogP contribution in [0.2, 0.25) is 0 Å². The number of morpholine rings is 2. The fourth-order valence-electron chi connectivity index (χ4n) is 5.78. The summed E-state index contributed by atoms with van der Waals surface area (Å²) in [6.45, 7) is 17.5. The third-order valence-electron chi connectivity index (χ3n) is 8.73. The number of rotatable bonds is 11. The van der Waals surface area contributed by atoms with E-state index in [1.807, 2.05) is 60.1 Å². The van der Waals surface area contributed by atoms with Gasteiger partial charge in [-0.2, -0.15) is 9.78 Å². The zero-order valence-corrected chi connectivity index (χ0v) is 28.5. The highest BCUT2D eigenvalue weighted by atomic mass is 16.5. The van der Waals surface area contributed by atoms with E-state index in [0.29, 0.717) is 23.6 Å². The number of nitrogens with zero attached hydrogens (tertiary/aromatic N) is 6. The number of carbonyl (C=O) groups is 1. The Morgan fingerprint density at radius 1 is 0.875 bits per heavy atom. The van der Waals surface area contributed by atoms with Crippen LogP contribution in [0.15, 0.2) is 60.9 Å². The summed E-state index contributed by atoms with van der Waals surface area (Å²) in [5, 5.41) is 15.1. The smallest absolute Gasteiger partial charge is 0.255 e. The maximum atomic E-state index is 13.2. The first-order chi connectivity index (χ1) is 23.2. The van der Waals surface area contributed by atoms with E-state index < -0.39 is 0 Å². The molecule has 3 N–H and O–H groups in total. The second-order valence-corrected chi connectivity index (χ2v) is 13.4. The van der Waals surface area contributed by atoms with E-state index in [1.54, 1.807) is 6.33 Å². The van der Waals surface area contributed by atoms with Crippen LogP contribution in [0, 0.1) is 6.92 Å². The molecule has 12 heteroatoms. The summed E-state index contributed by atoms with van der Waals surface area (Å²) in [5.41, 5.74) is 5.31. The molecule has 0 spiro atoms. The average molecular weight is 654 g/mol. The predicted molar refractivity (Wildman–Crippen MR) is 189 cm³/mol. The van der Waals surface area contributed by atoms with Crippen LogP contribution in [0.1, 0.15) is 48.0 Å². The van der Waals surface area contributed by atoms with E-state index >= 15 is 0 Å². The number of amides is 1. The van der Waals surface area contributed by atoms with Gasteiger partial charge in [0.1, 0.15) is 18.0 Å². The quantitative estimate of drug-likeness (QED) is 0.207. The Morgan fingerprint density at radius 3 is 2.29 bits per heavy atom. The summed E-state index contributed by atoms with van der Waals surface area (Å²) in [6.07, 6.45) is 1.56. The number of benzene rings is 2. The van der Waals surface area contributed by atoms with Crippen molar-refractivity contribution >= 4 is 28.9 Å². The molecular weight excluding hydrogens is 606 g/mol. The van der Waals surface area contributed by atoms with Gasteiger partial charge >= 0.3 is 0 Å². The molecule has 0 unspecified atom stereocenters. The van der Waals surface area contributed by atoms with Gasteiger partial charge in [-0.25, -0.2) is 9.97 Å². The highest BCUT2D eigenvalue weighted by Gasteiger charge is 2.19. The van der Waals surface area contributed by atoms with Crippen LogP contribution in [-0.2, 0) is 21.4 Å². The van der Waals surface area contributed by atoms with Gasteiger partial charge in [0.25, 0.3) is 5.91 Å². The molecule has 2 aromatic carbocycles. The predicted octanol–water partition coefficient (Wildman–Crippen LogP) is 4.84. The minimum Gasteiger partial charge on any atom is -0.379 e. The summed E-state index contributed by atoms with van der Waals surface area (Å²) >= 11 is 0. The highest BCUT2D eigenvalue weighted by molar-refractivity contribution is 6.04. The van der Waals surface area contributed by atoms with Gasteiger partial charge in [-0.05, 0) is 47.7 Å². The van der Waals surface area contributed by atoms with Crippen molar-refractivity contribution in [2.45, 2.75) is 39.7 Å². The largest absolute Gasteiger partial charge is 0.379 e. The van der Waals surface area contributed by atoms with Gasteiger partial charge in [-0.3, -0.25) is 14.6 Å². The lowest BCUT2D eigenvalue weighted by Gasteiger charge is -2.26. The maximum Gasteiger partial charge on any atom is 0.255 e. The van der Waals surface area contributed by atoms with Crippen molar-refractivity contribution in [3.8, 4) is 5.82 Å². The Kier molecular flexibility index (Phi) is 10.7. The molecule has 0 saturated carbocycles. The lowest BCUT2D eigenvalue weighted by molar-refractivity contribution is 0.0336. The number of aryl methyl sites for hydroxylation is 1. The normalized spacial score (nSPS) is 16.1. The van der Waals surface area contributed by atoms with Crippen LogP contribution in [0.3, 0.4) is 0 Å². The third-order valence-corrected chi connectivity index (χ3v) is 8.73. The van der Waals surface area contributed by atoms with E-state index in [2.05, 4.69) is 62.6 Å². The van der Waals surface area contributed by atoms with Crippen molar-refractivity contribution in [2.75, 3.05) is 81.6 Å². The molecule has 2 saturated heterocycles. The van der Waals surface area contributed by atoms with E-state index in [4.69, 9.17) is 14.6 Å². The molecule has 4 aromatic rings. The highest BCUT2D eigenvalue weighted by Crippen LogP contribution is 2.28. The molecule has 0 aliphatic carbocycles. The zero-order chi connectivity index (χ0) is 33.5. The van der Waals surface area contributed by atoms with E-state index in [0.717, 1.165) is 94.3 Å². The first kappa shape index (κ1) is 33.5. The second kappa shape index (κ2) is 15.2. The maximum absolute atomic E-state index is 13.2. The summed E-state index contributed by atoms with van der Waals surface area (Å²) in [6, 6.07) is 17.6. The Labute approximate surface area is 282 Å². The molecule has 0 atom stereocenters. The minimum absolute atomic E-state index is 0.0218. The Hall–Kier alpha value is -4.36. The van der Waals surface area contributed by atoms with Crippen LogP contribution >= 0.6 is 0 Å². The number of carbonyl (C=O) groups excluding carboxylic acids is 1. The van der Waals surface area contributed by atoms with Gasteiger partial charge in [0.15, 0.2) is 5.82 Å². The molecule has 0 radical (unpaired) electrons. The fourth-order valence-corrected chi connectivity index (χ4v) is 5.78. The molecule has 4 heterocycles. The van der Waals surface area contributed by atoms with E-state index in [1.165, 1.54) is 5.56 Å². The topological polar surface area (TPSA) is 122 Å². The fraction of sp³-hybridized carbons (Fsp3) is 0.444. The Balaban J connectivity index is 1.21. The van der Waals surface area contributed by atoms with Gasteiger partial charge in [-0.1, -0.05) is 39.0 Å². The number of anilines is 4. The van der Waals surface area contributed by atoms with Gasteiger partial charge < -0.3 is 25.4 Å². The molecule has 0 bridgehead atoms. The summed E-state index contributed by atoms with van der Waals surface area (Å²) in [5.74, 6) is 1.99. The van der Waals surface area contributed by atoms with Crippen molar-refractivity contribution < 1.29 is 14.3 Å². The average Bonchev–Trinajstić information content (AvgIpc) is 3.48. The van der Waals surface area contributed by atoms with Crippen molar-refractivity contribution in [2.24, 2.45) is 0 Å². The summed E-state index contributed by atoms with van der Waals surface area (Å²) in [4.78, 5) is 27.0. The molecular formula is C36H47N9O3. The first-order valence-electron chi connectivity index (χ1n) is 16.8. The SMILES string of the molecule is Cc1ccc(NC(=O)c2ccc(C(C)(C)C)cc2)cc1Nc1cc(CN2CCOCC2)nn1-c1cc(NCCN2CCOCC2)ncn1. The molecule has 6 rings (SSSR count).